The van der Waals surface area contributed by atoms with E-state index in [1.54, 1.807) is 12.0 Å². The van der Waals surface area contributed by atoms with E-state index < -0.39 is 0 Å². The van der Waals surface area contributed by atoms with Crippen LogP contribution in [0.3, 0.4) is 0 Å². The van der Waals surface area contributed by atoms with Gasteiger partial charge in [0.05, 0.1) is 6.10 Å². The highest BCUT2D eigenvalue weighted by atomic mass is 16.5. The fourth-order valence-electron chi connectivity index (χ4n) is 1.54. The van der Waals surface area contributed by atoms with Gasteiger partial charge < -0.3 is 15.4 Å². The van der Waals surface area contributed by atoms with E-state index in [9.17, 15) is 4.79 Å². The van der Waals surface area contributed by atoms with Crippen molar-refractivity contribution in [1.29, 1.82) is 0 Å². The molecule has 0 bridgehead atoms. The zero-order chi connectivity index (χ0) is 9.14. The highest BCUT2D eigenvalue weighted by molar-refractivity contribution is 5.72. The molecule has 4 heteroatoms. The molecule has 1 heterocycles. The van der Waals surface area contributed by atoms with Crippen molar-refractivity contribution in [2.24, 2.45) is 11.7 Å². The Morgan fingerprint density at radius 2 is 2.33 bits per heavy atom. The molecule has 4 nitrogen and oxygen atoms in total. The fourth-order valence-corrected chi connectivity index (χ4v) is 1.54. The minimum Gasteiger partial charge on any atom is -0.379 e. The normalized spacial score (nSPS) is 30.3. The van der Waals surface area contributed by atoms with Crippen molar-refractivity contribution in [1.82, 2.24) is 4.90 Å². The van der Waals surface area contributed by atoms with Crippen LogP contribution in [0.25, 0.3) is 0 Å². The number of piperidine rings is 1. The Bertz CT molecular complexity index is 172. The first kappa shape index (κ1) is 9.32. The Morgan fingerprint density at radius 1 is 1.67 bits per heavy atom. The van der Waals surface area contributed by atoms with Gasteiger partial charge in [-0.25, -0.2) is 4.79 Å². The SMILES string of the molecule is COC1CN(C(N)=O)CCC1C. The van der Waals surface area contributed by atoms with E-state index in [0.29, 0.717) is 12.5 Å². The van der Waals surface area contributed by atoms with Crippen LogP contribution in [0.5, 0.6) is 0 Å². The van der Waals surface area contributed by atoms with Crippen LogP contribution in [0.4, 0.5) is 4.79 Å². The predicted octanol–water partition coefficient (Wildman–Crippen LogP) is 0.422. The zero-order valence-corrected chi connectivity index (χ0v) is 7.62. The molecule has 2 unspecified atom stereocenters. The maximum Gasteiger partial charge on any atom is 0.314 e. The second kappa shape index (κ2) is 3.76. The van der Waals surface area contributed by atoms with E-state index in [1.165, 1.54) is 0 Å². The third kappa shape index (κ3) is 1.88. The third-order valence-corrected chi connectivity index (χ3v) is 2.50. The molecule has 2 atom stereocenters. The van der Waals surface area contributed by atoms with Gasteiger partial charge in [0.25, 0.3) is 0 Å². The maximum atomic E-state index is 10.8. The molecule has 1 aliphatic rings. The summed E-state index contributed by atoms with van der Waals surface area (Å²) in [6.07, 6.45) is 1.12. The van der Waals surface area contributed by atoms with Gasteiger partial charge in [0.15, 0.2) is 0 Å². The van der Waals surface area contributed by atoms with Gasteiger partial charge in [-0.2, -0.15) is 0 Å². The number of nitrogens with two attached hydrogens (primary N) is 1. The van der Waals surface area contributed by atoms with Crippen molar-refractivity contribution in [3.8, 4) is 0 Å². The van der Waals surface area contributed by atoms with Crippen LogP contribution in [-0.2, 0) is 4.74 Å². The molecule has 70 valence electrons. The summed E-state index contributed by atoms with van der Waals surface area (Å²) in [4.78, 5) is 12.4. The summed E-state index contributed by atoms with van der Waals surface area (Å²) in [6, 6.07) is -0.344. The molecule has 2 amide bonds. The number of carbonyl (C=O) groups excluding carboxylic acids is 1. The first-order valence-electron chi connectivity index (χ1n) is 4.22. The van der Waals surface area contributed by atoms with E-state index in [2.05, 4.69) is 6.92 Å². The van der Waals surface area contributed by atoms with Crippen LogP contribution >= 0.6 is 0 Å². The minimum absolute atomic E-state index is 0.145. The number of hydrogen-bond acceptors (Lipinski definition) is 2. The van der Waals surface area contributed by atoms with Crippen molar-refractivity contribution in [2.75, 3.05) is 20.2 Å². The highest BCUT2D eigenvalue weighted by Gasteiger charge is 2.27. The number of nitrogens with zero attached hydrogens (tertiary/aromatic N) is 1. The summed E-state index contributed by atoms with van der Waals surface area (Å²) in [6.45, 7) is 3.52. The van der Waals surface area contributed by atoms with Crippen molar-refractivity contribution in [3.63, 3.8) is 0 Å². The molecule has 0 aromatic rings. The van der Waals surface area contributed by atoms with E-state index in [1.807, 2.05) is 0 Å². The Kier molecular flexibility index (Phi) is 2.92. The summed E-state index contributed by atoms with van der Waals surface area (Å²) in [5.74, 6) is 0.519. The average Bonchev–Trinajstić information content (AvgIpc) is 2.05. The minimum atomic E-state index is -0.344. The molecule has 0 saturated carbocycles. The number of ether oxygens (including phenoxy) is 1. The van der Waals surface area contributed by atoms with Gasteiger partial charge in [-0.05, 0) is 12.3 Å². The van der Waals surface area contributed by atoms with E-state index in [4.69, 9.17) is 10.5 Å². The topological polar surface area (TPSA) is 55.6 Å². The van der Waals surface area contributed by atoms with Gasteiger partial charge in [-0.1, -0.05) is 6.92 Å². The molecule has 12 heavy (non-hydrogen) atoms. The molecule has 0 radical (unpaired) electrons. The third-order valence-electron chi connectivity index (χ3n) is 2.50. The highest BCUT2D eigenvalue weighted by Crippen LogP contribution is 2.18. The summed E-state index contributed by atoms with van der Waals surface area (Å²) in [7, 11) is 1.67. The summed E-state index contributed by atoms with van der Waals surface area (Å²) in [5, 5.41) is 0. The van der Waals surface area contributed by atoms with Crippen LogP contribution in [0.1, 0.15) is 13.3 Å². The number of hydrogen-bond donors (Lipinski definition) is 1. The van der Waals surface area contributed by atoms with Gasteiger partial charge in [0, 0.05) is 20.2 Å². The lowest BCUT2D eigenvalue weighted by Gasteiger charge is -2.35. The lowest BCUT2D eigenvalue weighted by atomic mass is 9.96. The number of carbonyl (C=O) groups is 1. The Balaban J connectivity index is 2.49. The van der Waals surface area contributed by atoms with Gasteiger partial charge in [-0.15, -0.1) is 0 Å². The molecule has 0 spiro atoms. The quantitative estimate of drug-likeness (QED) is 0.623. The number of rotatable bonds is 1. The maximum absolute atomic E-state index is 10.8. The molecular formula is C8H16N2O2. The standard InChI is InChI=1S/C8H16N2O2/c1-6-3-4-10(8(9)11)5-7(6)12-2/h6-7H,3-5H2,1-2H3,(H2,9,11). The molecule has 1 rings (SSSR count). The summed E-state index contributed by atoms with van der Waals surface area (Å²) < 4.78 is 5.23. The predicted molar refractivity (Wildman–Crippen MR) is 45.7 cm³/mol. The number of primary amides is 1. The number of methoxy groups -OCH3 is 1. The Labute approximate surface area is 72.7 Å². The lowest BCUT2D eigenvalue weighted by molar-refractivity contribution is 0.00836. The van der Waals surface area contributed by atoms with Crippen molar-refractivity contribution < 1.29 is 9.53 Å². The van der Waals surface area contributed by atoms with E-state index in [-0.39, 0.29) is 12.1 Å². The molecule has 0 aromatic carbocycles. The molecule has 0 aliphatic carbocycles. The monoisotopic (exact) mass is 172 g/mol. The number of urea groups is 1. The van der Waals surface area contributed by atoms with Crippen LogP contribution in [0, 0.1) is 5.92 Å². The van der Waals surface area contributed by atoms with E-state index in [0.717, 1.165) is 13.0 Å². The van der Waals surface area contributed by atoms with Gasteiger partial charge >= 0.3 is 6.03 Å². The molecule has 2 N–H and O–H groups in total. The number of likely N-dealkylation sites (tertiary alicyclic amines) is 1. The van der Waals surface area contributed by atoms with Crippen LogP contribution in [-0.4, -0.2) is 37.2 Å². The smallest absolute Gasteiger partial charge is 0.314 e. The zero-order valence-electron chi connectivity index (χ0n) is 7.62. The van der Waals surface area contributed by atoms with Gasteiger partial charge in [0.2, 0.25) is 0 Å². The largest absolute Gasteiger partial charge is 0.379 e. The molecule has 1 saturated heterocycles. The number of amides is 2. The molecule has 0 aromatic heterocycles. The van der Waals surface area contributed by atoms with Crippen LogP contribution in [0.2, 0.25) is 0 Å². The van der Waals surface area contributed by atoms with Crippen molar-refractivity contribution in [3.05, 3.63) is 0 Å². The van der Waals surface area contributed by atoms with Crippen LogP contribution < -0.4 is 5.73 Å². The second-order valence-corrected chi connectivity index (χ2v) is 3.32. The Morgan fingerprint density at radius 3 is 2.83 bits per heavy atom. The molecular weight excluding hydrogens is 156 g/mol. The molecule has 1 aliphatic heterocycles. The first-order valence-corrected chi connectivity index (χ1v) is 4.22. The van der Waals surface area contributed by atoms with Gasteiger partial charge in [0.1, 0.15) is 0 Å². The van der Waals surface area contributed by atoms with E-state index >= 15 is 0 Å². The summed E-state index contributed by atoms with van der Waals surface area (Å²) >= 11 is 0. The second-order valence-electron chi connectivity index (χ2n) is 3.32. The van der Waals surface area contributed by atoms with Crippen molar-refractivity contribution >= 4 is 6.03 Å². The lowest BCUT2D eigenvalue weighted by Crippen LogP contribution is -2.48. The van der Waals surface area contributed by atoms with Gasteiger partial charge in [-0.3, -0.25) is 0 Å². The van der Waals surface area contributed by atoms with Crippen molar-refractivity contribution in [2.45, 2.75) is 19.4 Å². The van der Waals surface area contributed by atoms with Crippen LogP contribution in [0.15, 0.2) is 0 Å². The fraction of sp³-hybridized carbons (Fsp3) is 0.875. The summed E-state index contributed by atoms with van der Waals surface area (Å²) in [5.41, 5.74) is 5.16. The average molecular weight is 172 g/mol. The first-order chi connectivity index (χ1) is 5.65. The Hall–Kier alpha value is -0.770. The molecule has 1 fully saturated rings.